The van der Waals surface area contributed by atoms with Crippen LogP contribution < -0.4 is 5.32 Å². The van der Waals surface area contributed by atoms with Crippen molar-refractivity contribution in [2.45, 2.75) is 37.8 Å². The SMILES string of the molecule is O=C(NC1CCCCC1O)c1cnn(-c2ccccc2)c1. The molecule has 1 amide bonds. The van der Waals surface area contributed by atoms with E-state index < -0.39 is 6.10 Å². The van der Waals surface area contributed by atoms with Crippen LogP contribution in [0.1, 0.15) is 36.0 Å². The number of aliphatic hydroxyl groups is 1. The molecule has 0 radical (unpaired) electrons. The molecule has 3 rings (SSSR count). The Kier molecular flexibility index (Phi) is 4.01. The van der Waals surface area contributed by atoms with Gasteiger partial charge in [0, 0.05) is 6.20 Å². The molecular weight excluding hydrogens is 266 g/mol. The molecule has 5 heteroatoms. The largest absolute Gasteiger partial charge is 0.391 e. The van der Waals surface area contributed by atoms with Crippen molar-refractivity contribution in [1.29, 1.82) is 0 Å². The second-order valence-corrected chi connectivity index (χ2v) is 5.44. The predicted molar refractivity (Wildman–Crippen MR) is 79.3 cm³/mol. The molecular formula is C16H19N3O2. The normalized spacial score (nSPS) is 22.0. The molecule has 2 unspecified atom stereocenters. The summed E-state index contributed by atoms with van der Waals surface area (Å²) in [5.74, 6) is -0.178. The lowest BCUT2D eigenvalue weighted by atomic mass is 9.92. The van der Waals surface area contributed by atoms with Gasteiger partial charge in [0.1, 0.15) is 0 Å². The lowest BCUT2D eigenvalue weighted by Gasteiger charge is -2.28. The van der Waals surface area contributed by atoms with Gasteiger partial charge in [-0.05, 0) is 25.0 Å². The van der Waals surface area contributed by atoms with E-state index in [4.69, 9.17) is 0 Å². The summed E-state index contributed by atoms with van der Waals surface area (Å²) in [6.07, 6.45) is 6.49. The Morgan fingerprint density at radius 3 is 2.76 bits per heavy atom. The highest BCUT2D eigenvalue weighted by Gasteiger charge is 2.25. The van der Waals surface area contributed by atoms with Crippen LogP contribution in [0.4, 0.5) is 0 Å². The Bertz CT molecular complexity index is 609. The third kappa shape index (κ3) is 3.13. The first-order valence-corrected chi connectivity index (χ1v) is 7.33. The lowest BCUT2D eigenvalue weighted by Crippen LogP contribution is -2.44. The number of rotatable bonds is 3. The maximum atomic E-state index is 12.2. The molecule has 2 atom stereocenters. The standard InChI is InChI=1S/C16H19N3O2/c20-15-9-5-4-8-14(15)18-16(21)12-10-17-19(11-12)13-6-2-1-3-7-13/h1-3,6-7,10-11,14-15,20H,4-5,8-9H2,(H,18,21). The number of carbonyl (C=O) groups is 1. The maximum Gasteiger partial charge on any atom is 0.254 e. The highest BCUT2D eigenvalue weighted by molar-refractivity contribution is 5.94. The van der Waals surface area contributed by atoms with Crippen molar-refractivity contribution in [3.63, 3.8) is 0 Å². The van der Waals surface area contributed by atoms with E-state index in [0.717, 1.165) is 31.4 Å². The number of hydrogen-bond acceptors (Lipinski definition) is 3. The minimum Gasteiger partial charge on any atom is -0.391 e. The molecule has 0 bridgehead atoms. The summed E-state index contributed by atoms with van der Waals surface area (Å²) in [5, 5.41) is 17.0. The molecule has 110 valence electrons. The molecule has 2 aromatic rings. The summed E-state index contributed by atoms with van der Waals surface area (Å²) in [4.78, 5) is 12.2. The number of aromatic nitrogens is 2. The first-order valence-electron chi connectivity index (χ1n) is 7.33. The zero-order valence-electron chi connectivity index (χ0n) is 11.8. The van der Waals surface area contributed by atoms with Crippen molar-refractivity contribution in [2.24, 2.45) is 0 Å². The summed E-state index contributed by atoms with van der Waals surface area (Å²) < 4.78 is 1.67. The summed E-state index contributed by atoms with van der Waals surface area (Å²) in [6, 6.07) is 9.50. The zero-order valence-corrected chi connectivity index (χ0v) is 11.8. The fourth-order valence-electron chi connectivity index (χ4n) is 2.69. The van der Waals surface area contributed by atoms with Crippen LogP contribution in [0.3, 0.4) is 0 Å². The van der Waals surface area contributed by atoms with Gasteiger partial charge >= 0.3 is 0 Å². The van der Waals surface area contributed by atoms with Crippen molar-refractivity contribution in [3.8, 4) is 5.69 Å². The number of amides is 1. The number of carbonyl (C=O) groups excluding carboxylic acids is 1. The van der Waals surface area contributed by atoms with Gasteiger partial charge in [-0.3, -0.25) is 4.79 Å². The third-order valence-corrected chi connectivity index (χ3v) is 3.91. The first-order chi connectivity index (χ1) is 10.2. The third-order valence-electron chi connectivity index (χ3n) is 3.91. The van der Waals surface area contributed by atoms with E-state index >= 15 is 0 Å². The van der Waals surface area contributed by atoms with Crippen LogP contribution in [0.15, 0.2) is 42.7 Å². The average molecular weight is 285 g/mol. The van der Waals surface area contributed by atoms with Crippen LogP contribution in [-0.2, 0) is 0 Å². The van der Waals surface area contributed by atoms with Crippen LogP contribution in [0.5, 0.6) is 0 Å². The van der Waals surface area contributed by atoms with Crippen molar-refractivity contribution < 1.29 is 9.90 Å². The van der Waals surface area contributed by atoms with Crippen molar-refractivity contribution in [3.05, 3.63) is 48.3 Å². The van der Waals surface area contributed by atoms with E-state index in [1.807, 2.05) is 30.3 Å². The van der Waals surface area contributed by atoms with Crippen molar-refractivity contribution in [1.82, 2.24) is 15.1 Å². The summed E-state index contributed by atoms with van der Waals surface area (Å²) in [7, 11) is 0. The Hall–Kier alpha value is -2.14. The Labute approximate surface area is 123 Å². The molecule has 1 aromatic heterocycles. The summed E-state index contributed by atoms with van der Waals surface area (Å²) in [6.45, 7) is 0. The van der Waals surface area contributed by atoms with Crippen LogP contribution in [-0.4, -0.2) is 32.9 Å². The second kappa shape index (κ2) is 6.10. The Morgan fingerprint density at radius 2 is 2.00 bits per heavy atom. The van der Waals surface area contributed by atoms with E-state index in [2.05, 4.69) is 10.4 Å². The number of benzene rings is 1. The fraction of sp³-hybridized carbons (Fsp3) is 0.375. The van der Waals surface area contributed by atoms with Gasteiger partial charge in [0.25, 0.3) is 5.91 Å². The highest BCUT2D eigenvalue weighted by atomic mass is 16.3. The quantitative estimate of drug-likeness (QED) is 0.905. The lowest BCUT2D eigenvalue weighted by molar-refractivity contribution is 0.0717. The van der Waals surface area contributed by atoms with Crippen LogP contribution >= 0.6 is 0 Å². The van der Waals surface area contributed by atoms with E-state index in [1.54, 1.807) is 17.1 Å². The monoisotopic (exact) mass is 285 g/mol. The number of para-hydroxylation sites is 1. The minimum absolute atomic E-state index is 0.147. The van der Waals surface area contributed by atoms with E-state index in [1.165, 1.54) is 0 Å². The van der Waals surface area contributed by atoms with E-state index in [0.29, 0.717) is 5.56 Å². The molecule has 1 aliphatic rings. The number of aliphatic hydroxyl groups excluding tert-OH is 1. The fourth-order valence-corrected chi connectivity index (χ4v) is 2.69. The van der Waals surface area contributed by atoms with E-state index in [-0.39, 0.29) is 11.9 Å². The molecule has 1 fully saturated rings. The molecule has 1 aliphatic carbocycles. The second-order valence-electron chi connectivity index (χ2n) is 5.44. The van der Waals surface area contributed by atoms with Gasteiger partial charge in [-0.2, -0.15) is 5.10 Å². The van der Waals surface area contributed by atoms with Crippen LogP contribution in [0.2, 0.25) is 0 Å². The summed E-state index contributed by atoms with van der Waals surface area (Å²) in [5.41, 5.74) is 1.42. The van der Waals surface area contributed by atoms with Gasteiger partial charge in [-0.1, -0.05) is 31.0 Å². The predicted octanol–water partition coefficient (Wildman–Crippen LogP) is 1.91. The molecule has 1 saturated carbocycles. The van der Waals surface area contributed by atoms with Crippen molar-refractivity contribution in [2.75, 3.05) is 0 Å². The highest BCUT2D eigenvalue weighted by Crippen LogP contribution is 2.19. The molecule has 2 N–H and O–H groups in total. The number of nitrogens with one attached hydrogen (secondary N) is 1. The Balaban J connectivity index is 1.69. The van der Waals surface area contributed by atoms with Crippen LogP contribution in [0, 0.1) is 0 Å². The Morgan fingerprint density at radius 1 is 1.24 bits per heavy atom. The van der Waals surface area contributed by atoms with Gasteiger partial charge in [0.15, 0.2) is 0 Å². The van der Waals surface area contributed by atoms with Gasteiger partial charge in [-0.15, -0.1) is 0 Å². The molecule has 21 heavy (non-hydrogen) atoms. The molecule has 1 heterocycles. The zero-order chi connectivity index (χ0) is 14.7. The van der Waals surface area contributed by atoms with Crippen molar-refractivity contribution >= 4 is 5.91 Å². The molecule has 0 aliphatic heterocycles. The number of nitrogens with zero attached hydrogens (tertiary/aromatic N) is 2. The molecule has 0 spiro atoms. The topological polar surface area (TPSA) is 67.2 Å². The van der Waals surface area contributed by atoms with Gasteiger partial charge in [0.2, 0.25) is 0 Å². The van der Waals surface area contributed by atoms with Crippen LogP contribution in [0.25, 0.3) is 5.69 Å². The number of hydrogen-bond donors (Lipinski definition) is 2. The van der Waals surface area contributed by atoms with Gasteiger partial charge < -0.3 is 10.4 Å². The molecule has 0 saturated heterocycles. The van der Waals surface area contributed by atoms with Gasteiger partial charge in [0.05, 0.1) is 29.6 Å². The molecule has 1 aromatic carbocycles. The first kappa shape index (κ1) is 13.8. The maximum absolute atomic E-state index is 12.2. The smallest absolute Gasteiger partial charge is 0.254 e. The summed E-state index contributed by atoms with van der Waals surface area (Å²) >= 11 is 0. The average Bonchev–Trinajstić information content (AvgIpc) is 3.00. The molecule has 5 nitrogen and oxygen atoms in total. The minimum atomic E-state index is -0.438. The van der Waals surface area contributed by atoms with Gasteiger partial charge in [-0.25, -0.2) is 4.68 Å². The van der Waals surface area contributed by atoms with E-state index in [9.17, 15) is 9.90 Å².